The molecule has 0 aliphatic heterocycles. The predicted molar refractivity (Wildman–Crippen MR) is 69.0 cm³/mol. The quantitative estimate of drug-likeness (QED) is 0.871. The molecule has 1 saturated carbocycles. The Kier molecular flexibility index (Phi) is 3.30. The van der Waals surface area contributed by atoms with Crippen molar-refractivity contribution in [1.29, 1.82) is 0 Å². The van der Waals surface area contributed by atoms with Gasteiger partial charge < -0.3 is 5.32 Å². The highest BCUT2D eigenvalue weighted by molar-refractivity contribution is 5.80. The van der Waals surface area contributed by atoms with E-state index in [4.69, 9.17) is 0 Å². The van der Waals surface area contributed by atoms with Crippen LogP contribution in [0.25, 0.3) is 0 Å². The van der Waals surface area contributed by atoms with Gasteiger partial charge in [-0.2, -0.15) is 18.3 Å². The lowest BCUT2D eigenvalue weighted by atomic mass is 9.92. The van der Waals surface area contributed by atoms with Crippen LogP contribution in [-0.2, 0) is 11.8 Å². The molecule has 0 spiro atoms. The highest BCUT2D eigenvalue weighted by Crippen LogP contribution is 2.44. The van der Waals surface area contributed by atoms with Crippen molar-refractivity contribution in [2.24, 2.45) is 24.8 Å². The SMILES string of the molecule is Cn1cc([C@H](NC(=O)[C@@H]2C[C@H]3C=C[C@H]2C3)C(F)(F)F)cn1. The third-order valence-electron chi connectivity index (χ3n) is 4.29. The summed E-state index contributed by atoms with van der Waals surface area (Å²) in [4.78, 5) is 12.2. The summed E-state index contributed by atoms with van der Waals surface area (Å²) in [6.07, 6.45) is 3.40. The van der Waals surface area contributed by atoms with Crippen molar-refractivity contribution in [2.75, 3.05) is 0 Å². The van der Waals surface area contributed by atoms with Gasteiger partial charge in [-0.25, -0.2) is 0 Å². The zero-order valence-electron chi connectivity index (χ0n) is 11.5. The summed E-state index contributed by atoms with van der Waals surface area (Å²) in [6.45, 7) is 0. The summed E-state index contributed by atoms with van der Waals surface area (Å²) in [6, 6.07) is -2.00. The number of aromatic nitrogens is 2. The first-order chi connectivity index (χ1) is 9.84. The zero-order chi connectivity index (χ0) is 15.2. The standard InChI is InChI=1S/C14H16F3N3O/c1-20-7-10(6-18-20)12(14(15,16)17)19-13(21)11-5-8-2-3-9(11)4-8/h2-3,6-9,11-12H,4-5H2,1H3,(H,19,21)/t8-,9-,11+,12-/m0/s1. The average Bonchev–Trinajstić information content (AvgIpc) is 3.09. The van der Waals surface area contributed by atoms with E-state index in [0.29, 0.717) is 12.3 Å². The molecule has 1 N–H and O–H groups in total. The van der Waals surface area contributed by atoms with Crippen LogP contribution in [0.4, 0.5) is 13.2 Å². The Balaban J connectivity index is 1.76. The van der Waals surface area contributed by atoms with Crippen LogP contribution in [0, 0.1) is 17.8 Å². The van der Waals surface area contributed by atoms with Crippen LogP contribution < -0.4 is 5.32 Å². The van der Waals surface area contributed by atoms with E-state index >= 15 is 0 Å². The number of carbonyl (C=O) groups is 1. The Morgan fingerprint density at radius 3 is 2.67 bits per heavy atom. The fourth-order valence-electron chi connectivity index (χ4n) is 3.27. The Morgan fingerprint density at radius 1 is 1.43 bits per heavy atom. The molecule has 4 nitrogen and oxygen atoms in total. The molecule has 0 aromatic carbocycles. The topological polar surface area (TPSA) is 46.9 Å². The fourth-order valence-corrected chi connectivity index (χ4v) is 3.27. The molecule has 2 aliphatic carbocycles. The Hall–Kier alpha value is -1.79. The number of hydrogen-bond acceptors (Lipinski definition) is 2. The molecule has 4 atom stereocenters. The van der Waals surface area contributed by atoms with Crippen molar-refractivity contribution in [2.45, 2.75) is 25.1 Å². The molecule has 7 heteroatoms. The Labute approximate surface area is 120 Å². The van der Waals surface area contributed by atoms with E-state index in [-0.39, 0.29) is 17.4 Å². The summed E-state index contributed by atoms with van der Waals surface area (Å²) in [5.41, 5.74) is -0.0444. The van der Waals surface area contributed by atoms with Crippen molar-refractivity contribution < 1.29 is 18.0 Å². The van der Waals surface area contributed by atoms with Crippen molar-refractivity contribution in [3.8, 4) is 0 Å². The van der Waals surface area contributed by atoms with Crippen molar-refractivity contribution in [1.82, 2.24) is 15.1 Å². The molecule has 1 amide bonds. The third-order valence-corrected chi connectivity index (χ3v) is 4.29. The van der Waals surface area contributed by atoms with Gasteiger partial charge in [-0.3, -0.25) is 9.48 Å². The first-order valence-electron chi connectivity index (χ1n) is 6.88. The van der Waals surface area contributed by atoms with Crippen molar-refractivity contribution in [3.05, 3.63) is 30.1 Å². The third kappa shape index (κ3) is 2.69. The predicted octanol–water partition coefficient (Wildman–Crippen LogP) is 2.35. The molecule has 1 aromatic heterocycles. The Bertz CT molecular complexity index is 578. The van der Waals surface area contributed by atoms with Crippen LogP contribution in [-0.4, -0.2) is 21.9 Å². The number of halogens is 3. The zero-order valence-corrected chi connectivity index (χ0v) is 11.5. The van der Waals surface area contributed by atoms with Gasteiger partial charge in [0.05, 0.1) is 6.20 Å². The lowest BCUT2D eigenvalue weighted by Gasteiger charge is -2.24. The molecular weight excluding hydrogens is 283 g/mol. The van der Waals surface area contributed by atoms with Gasteiger partial charge in [-0.05, 0) is 24.7 Å². The number of carbonyl (C=O) groups excluding carboxylic acids is 1. The number of alkyl halides is 3. The molecule has 114 valence electrons. The minimum atomic E-state index is -4.54. The normalized spacial score (nSPS) is 28.9. The van der Waals surface area contributed by atoms with Gasteiger partial charge in [0.2, 0.25) is 5.91 Å². The van der Waals surface area contributed by atoms with Gasteiger partial charge in [0.25, 0.3) is 0 Å². The van der Waals surface area contributed by atoms with E-state index in [9.17, 15) is 18.0 Å². The van der Waals surface area contributed by atoms with E-state index in [0.717, 1.165) is 12.6 Å². The second-order valence-electron chi connectivity index (χ2n) is 5.82. The summed E-state index contributed by atoms with van der Waals surface area (Å²) in [7, 11) is 1.54. The lowest BCUT2D eigenvalue weighted by molar-refractivity contribution is -0.165. The second-order valence-corrected chi connectivity index (χ2v) is 5.82. The monoisotopic (exact) mass is 299 g/mol. The molecule has 0 saturated heterocycles. The van der Waals surface area contributed by atoms with Crippen molar-refractivity contribution in [3.63, 3.8) is 0 Å². The Morgan fingerprint density at radius 2 is 2.19 bits per heavy atom. The maximum Gasteiger partial charge on any atom is 0.412 e. The molecule has 21 heavy (non-hydrogen) atoms. The maximum absolute atomic E-state index is 13.2. The number of nitrogens with one attached hydrogen (secondary N) is 1. The first-order valence-corrected chi connectivity index (χ1v) is 6.88. The van der Waals surface area contributed by atoms with E-state index in [2.05, 4.69) is 16.5 Å². The molecule has 3 rings (SSSR count). The van der Waals surface area contributed by atoms with Gasteiger partial charge in [-0.15, -0.1) is 0 Å². The molecule has 0 radical (unpaired) electrons. The highest BCUT2D eigenvalue weighted by atomic mass is 19.4. The number of aryl methyl sites for hydroxylation is 1. The van der Waals surface area contributed by atoms with Gasteiger partial charge in [0.15, 0.2) is 6.04 Å². The van der Waals surface area contributed by atoms with E-state index in [1.54, 1.807) is 7.05 Å². The number of fused-ring (bicyclic) bond motifs is 2. The molecule has 0 unspecified atom stereocenters. The molecule has 1 aromatic rings. The first kappa shape index (κ1) is 14.2. The number of hydrogen-bond donors (Lipinski definition) is 1. The van der Waals surface area contributed by atoms with E-state index in [1.807, 2.05) is 6.08 Å². The van der Waals surface area contributed by atoms with Crippen LogP contribution in [0.2, 0.25) is 0 Å². The summed E-state index contributed by atoms with van der Waals surface area (Å²) in [5.74, 6) is -0.439. The van der Waals surface area contributed by atoms with Gasteiger partial charge in [-0.1, -0.05) is 12.2 Å². The smallest absolute Gasteiger partial charge is 0.340 e. The van der Waals surface area contributed by atoms with Gasteiger partial charge in [0.1, 0.15) is 0 Å². The van der Waals surface area contributed by atoms with Crippen LogP contribution in [0.3, 0.4) is 0 Å². The maximum atomic E-state index is 13.2. The minimum Gasteiger partial charge on any atom is -0.340 e. The number of nitrogens with zero attached hydrogens (tertiary/aromatic N) is 2. The molecule has 1 fully saturated rings. The number of amides is 1. The van der Waals surface area contributed by atoms with E-state index < -0.39 is 18.1 Å². The largest absolute Gasteiger partial charge is 0.412 e. The fraction of sp³-hybridized carbons (Fsp3) is 0.571. The van der Waals surface area contributed by atoms with E-state index in [1.165, 1.54) is 10.9 Å². The van der Waals surface area contributed by atoms with Crippen molar-refractivity contribution >= 4 is 5.91 Å². The van der Waals surface area contributed by atoms with Crippen LogP contribution in [0.15, 0.2) is 24.5 Å². The van der Waals surface area contributed by atoms with Gasteiger partial charge >= 0.3 is 6.18 Å². The highest BCUT2D eigenvalue weighted by Gasteiger charge is 2.46. The summed E-state index contributed by atoms with van der Waals surface area (Å²) in [5, 5.41) is 5.91. The number of rotatable bonds is 3. The van der Waals surface area contributed by atoms with Crippen LogP contribution in [0.5, 0.6) is 0 Å². The molecular formula is C14H16F3N3O. The summed E-state index contributed by atoms with van der Waals surface area (Å²) >= 11 is 0. The lowest BCUT2D eigenvalue weighted by Crippen LogP contribution is -2.41. The summed E-state index contributed by atoms with van der Waals surface area (Å²) < 4.78 is 40.8. The molecule has 2 bridgehead atoms. The average molecular weight is 299 g/mol. The second kappa shape index (κ2) is 4.89. The number of allylic oxidation sites excluding steroid dienone is 2. The minimum absolute atomic E-state index is 0.0444. The van der Waals surface area contributed by atoms with Gasteiger partial charge in [0, 0.05) is 24.7 Å². The van der Waals surface area contributed by atoms with Crippen LogP contribution in [0.1, 0.15) is 24.4 Å². The molecule has 2 aliphatic rings. The molecule has 1 heterocycles. The van der Waals surface area contributed by atoms with Crippen LogP contribution >= 0.6 is 0 Å².